The van der Waals surface area contributed by atoms with Gasteiger partial charge >= 0.3 is 0 Å². The molecular formula is C11H15NOS. The lowest BCUT2D eigenvalue weighted by Gasteiger charge is -2.30. The molecule has 1 N–H and O–H groups in total. The van der Waals surface area contributed by atoms with Crippen LogP contribution in [0.25, 0.3) is 0 Å². The molecule has 0 saturated heterocycles. The second kappa shape index (κ2) is 3.17. The molecule has 3 heteroatoms. The fourth-order valence-corrected chi connectivity index (χ4v) is 3.07. The highest BCUT2D eigenvalue weighted by Crippen LogP contribution is 2.36. The van der Waals surface area contributed by atoms with Crippen molar-refractivity contribution in [2.24, 2.45) is 0 Å². The van der Waals surface area contributed by atoms with Crippen molar-refractivity contribution in [3.8, 4) is 0 Å². The topological polar surface area (TPSA) is 29.1 Å². The minimum absolute atomic E-state index is 0.173. The number of Topliss-reactive ketones (excluding diaryl/α,β-unsaturated/α-hetero) is 1. The Morgan fingerprint density at radius 3 is 2.86 bits per heavy atom. The van der Waals surface area contributed by atoms with Gasteiger partial charge in [0, 0.05) is 23.4 Å². The van der Waals surface area contributed by atoms with Crippen molar-refractivity contribution in [3.05, 3.63) is 21.4 Å². The van der Waals surface area contributed by atoms with Gasteiger partial charge in [0.05, 0.1) is 4.88 Å². The molecule has 0 amide bonds. The summed E-state index contributed by atoms with van der Waals surface area (Å²) in [5, 5.41) is 3.38. The summed E-state index contributed by atoms with van der Waals surface area (Å²) in [6, 6.07) is 2.04. The zero-order chi connectivity index (χ0) is 10.3. The monoisotopic (exact) mass is 209 g/mol. The zero-order valence-electron chi connectivity index (χ0n) is 8.81. The number of ketones is 1. The van der Waals surface area contributed by atoms with Gasteiger partial charge in [0.15, 0.2) is 5.78 Å². The van der Waals surface area contributed by atoms with E-state index in [1.807, 2.05) is 6.07 Å². The third-order valence-corrected chi connectivity index (χ3v) is 4.30. The largest absolute Gasteiger partial charge is 0.312 e. The highest BCUT2D eigenvalue weighted by atomic mass is 32.1. The molecule has 0 radical (unpaired) electrons. The van der Waals surface area contributed by atoms with E-state index in [1.165, 1.54) is 10.4 Å². The lowest BCUT2D eigenvalue weighted by atomic mass is 9.86. The van der Waals surface area contributed by atoms with Crippen LogP contribution in [0.15, 0.2) is 6.07 Å². The van der Waals surface area contributed by atoms with Crippen LogP contribution in [0.4, 0.5) is 0 Å². The van der Waals surface area contributed by atoms with Crippen molar-refractivity contribution in [2.45, 2.75) is 32.7 Å². The van der Waals surface area contributed by atoms with Gasteiger partial charge in [0.25, 0.3) is 0 Å². The number of hydrogen-bond acceptors (Lipinski definition) is 3. The molecule has 0 aliphatic carbocycles. The lowest BCUT2D eigenvalue weighted by Crippen LogP contribution is -2.37. The third-order valence-electron chi connectivity index (χ3n) is 2.65. The van der Waals surface area contributed by atoms with E-state index in [0.717, 1.165) is 18.0 Å². The smallest absolute Gasteiger partial charge is 0.169 e. The number of fused-ring (bicyclic) bond motifs is 1. The van der Waals surface area contributed by atoms with E-state index in [0.29, 0.717) is 0 Å². The quantitative estimate of drug-likeness (QED) is 0.719. The highest BCUT2D eigenvalue weighted by Gasteiger charge is 2.29. The van der Waals surface area contributed by atoms with E-state index in [2.05, 4.69) is 19.2 Å². The summed E-state index contributed by atoms with van der Waals surface area (Å²) in [5.74, 6) is 0.181. The molecule has 2 heterocycles. The average molecular weight is 209 g/mol. The molecule has 0 spiro atoms. The molecule has 2 nitrogen and oxygen atoms in total. The molecule has 76 valence electrons. The van der Waals surface area contributed by atoms with Gasteiger partial charge in [0.2, 0.25) is 0 Å². The van der Waals surface area contributed by atoms with E-state index in [-0.39, 0.29) is 11.2 Å². The summed E-state index contributed by atoms with van der Waals surface area (Å²) >= 11 is 1.66. The fraction of sp³-hybridized carbons (Fsp3) is 0.545. The summed E-state index contributed by atoms with van der Waals surface area (Å²) in [4.78, 5) is 13.5. The Morgan fingerprint density at radius 1 is 1.57 bits per heavy atom. The van der Waals surface area contributed by atoms with Crippen molar-refractivity contribution in [1.29, 1.82) is 0 Å². The molecule has 1 aliphatic heterocycles. The Morgan fingerprint density at radius 2 is 2.29 bits per heavy atom. The lowest BCUT2D eigenvalue weighted by molar-refractivity contribution is 0.102. The molecule has 1 aromatic heterocycles. The second-order valence-electron chi connectivity index (χ2n) is 4.51. The number of carbonyl (C=O) groups is 1. The third kappa shape index (κ3) is 1.51. The molecule has 2 rings (SSSR count). The van der Waals surface area contributed by atoms with Crippen LogP contribution < -0.4 is 5.32 Å². The van der Waals surface area contributed by atoms with Crippen LogP contribution in [0.3, 0.4) is 0 Å². The first-order valence-electron chi connectivity index (χ1n) is 4.85. The summed E-state index contributed by atoms with van der Waals surface area (Å²) in [6.07, 6.45) is 0. The number of nitrogens with one attached hydrogen (secondary N) is 1. The second-order valence-corrected chi connectivity index (χ2v) is 5.56. The predicted octanol–water partition coefficient (Wildman–Crippen LogP) is 2.33. The standard InChI is InChI=1S/C11H15NOS/c1-7(13)9-4-8-5-12-6-11(2,3)10(8)14-9/h4,12H,5-6H2,1-3H3. The van der Waals surface area contributed by atoms with E-state index >= 15 is 0 Å². The number of rotatable bonds is 1. The van der Waals surface area contributed by atoms with Crippen molar-refractivity contribution in [3.63, 3.8) is 0 Å². The van der Waals surface area contributed by atoms with Gasteiger partial charge in [-0.3, -0.25) is 4.79 Å². The first kappa shape index (κ1) is 9.87. The maximum Gasteiger partial charge on any atom is 0.169 e. The van der Waals surface area contributed by atoms with Crippen LogP contribution in [-0.4, -0.2) is 12.3 Å². The van der Waals surface area contributed by atoms with Gasteiger partial charge < -0.3 is 5.32 Å². The van der Waals surface area contributed by atoms with Gasteiger partial charge in [-0.25, -0.2) is 0 Å². The van der Waals surface area contributed by atoms with Crippen LogP contribution >= 0.6 is 11.3 Å². The van der Waals surface area contributed by atoms with E-state index in [1.54, 1.807) is 18.3 Å². The maximum absolute atomic E-state index is 11.3. The predicted molar refractivity (Wildman–Crippen MR) is 59.1 cm³/mol. The first-order valence-corrected chi connectivity index (χ1v) is 5.67. The Balaban J connectivity index is 2.49. The van der Waals surface area contributed by atoms with Crippen molar-refractivity contribution >= 4 is 17.1 Å². The molecule has 0 fully saturated rings. The van der Waals surface area contributed by atoms with Crippen LogP contribution in [-0.2, 0) is 12.0 Å². The summed E-state index contributed by atoms with van der Waals surface area (Å²) in [5.41, 5.74) is 1.47. The Bertz CT molecular complexity index is 379. The minimum atomic E-state index is 0.173. The summed E-state index contributed by atoms with van der Waals surface area (Å²) < 4.78 is 0. The summed E-state index contributed by atoms with van der Waals surface area (Å²) in [6.45, 7) is 7.98. The molecule has 14 heavy (non-hydrogen) atoms. The normalized spacial score (nSPS) is 19.1. The van der Waals surface area contributed by atoms with Crippen molar-refractivity contribution in [1.82, 2.24) is 5.32 Å². The highest BCUT2D eigenvalue weighted by molar-refractivity contribution is 7.14. The van der Waals surface area contributed by atoms with Gasteiger partial charge in [0.1, 0.15) is 0 Å². The Kier molecular flexibility index (Phi) is 2.24. The number of hydrogen-bond donors (Lipinski definition) is 1. The van der Waals surface area contributed by atoms with Crippen LogP contribution in [0, 0.1) is 0 Å². The van der Waals surface area contributed by atoms with Crippen LogP contribution in [0.1, 0.15) is 40.9 Å². The molecule has 0 bridgehead atoms. The fourth-order valence-electron chi connectivity index (χ4n) is 1.90. The maximum atomic E-state index is 11.3. The molecular weight excluding hydrogens is 194 g/mol. The average Bonchev–Trinajstić information content (AvgIpc) is 2.48. The van der Waals surface area contributed by atoms with Crippen molar-refractivity contribution < 1.29 is 4.79 Å². The Labute approximate surface area is 88.3 Å². The zero-order valence-corrected chi connectivity index (χ0v) is 9.62. The van der Waals surface area contributed by atoms with Crippen LogP contribution in [0.5, 0.6) is 0 Å². The molecule has 0 unspecified atom stereocenters. The summed E-state index contributed by atoms with van der Waals surface area (Å²) in [7, 11) is 0. The van der Waals surface area contributed by atoms with Crippen LogP contribution in [0.2, 0.25) is 0 Å². The van der Waals surface area contributed by atoms with E-state index in [4.69, 9.17) is 0 Å². The molecule has 1 aromatic rings. The van der Waals surface area contributed by atoms with Crippen molar-refractivity contribution in [2.75, 3.05) is 6.54 Å². The SMILES string of the molecule is CC(=O)c1cc2c(s1)C(C)(C)CNC2. The number of carbonyl (C=O) groups excluding carboxylic acids is 1. The van der Waals surface area contributed by atoms with Gasteiger partial charge in [-0.2, -0.15) is 0 Å². The molecule has 1 aliphatic rings. The first-order chi connectivity index (χ1) is 6.50. The van der Waals surface area contributed by atoms with Gasteiger partial charge in [-0.15, -0.1) is 11.3 Å². The Hall–Kier alpha value is -0.670. The number of thiophene rings is 1. The molecule has 0 aromatic carbocycles. The molecule has 0 saturated carbocycles. The van der Waals surface area contributed by atoms with E-state index < -0.39 is 0 Å². The van der Waals surface area contributed by atoms with E-state index in [9.17, 15) is 4.79 Å². The molecule has 0 atom stereocenters. The van der Waals surface area contributed by atoms with Gasteiger partial charge in [-0.05, 0) is 18.6 Å². The minimum Gasteiger partial charge on any atom is -0.312 e. The van der Waals surface area contributed by atoms with Gasteiger partial charge in [-0.1, -0.05) is 13.8 Å².